The number of nitriles is 1. The molecule has 2 nitrogen and oxygen atoms in total. The van der Waals surface area contributed by atoms with Crippen LogP contribution in [0.1, 0.15) is 11.1 Å². The minimum Gasteiger partial charge on any atom is -0.380 e. The highest BCUT2D eigenvalue weighted by atomic mass is 35.5. The lowest BCUT2D eigenvalue weighted by atomic mass is 10.2. The van der Waals surface area contributed by atoms with Gasteiger partial charge in [-0.3, -0.25) is 0 Å². The Kier molecular flexibility index (Phi) is 4.26. The number of halogens is 3. The maximum Gasteiger partial charge on any atom is 0.142 e. The summed E-state index contributed by atoms with van der Waals surface area (Å²) in [6, 6.07) is 11.5. The fourth-order valence-electron chi connectivity index (χ4n) is 1.58. The van der Waals surface area contributed by atoms with Crippen molar-refractivity contribution in [3.05, 3.63) is 63.4 Å². The van der Waals surface area contributed by atoms with Gasteiger partial charge < -0.3 is 5.32 Å². The van der Waals surface area contributed by atoms with E-state index in [1.54, 1.807) is 24.3 Å². The summed E-state index contributed by atoms with van der Waals surface area (Å²) >= 11 is 11.6. The van der Waals surface area contributed by atoms with Crippen LogP contribution in [-0.2, 0) is 6.54 Å². The molecule has 5 heteroatoms. The zero-order chi connectivity index (χ0) is 13.8. The Balaban J connectivity index is 2.14. The van der Waals surface area contributed by atoms with Crippen LogP contribution in [0, 0.1) is 17.1 Å². The molecule has 0 saturated carbocycles. The summed E-state index contributed by atoms with van der Waals surface area (Å²) in [5.74, 6) is -0.460. The molecular formula is C14H9Cl2FN2. The molecule has 0 spiro atoms. The molecule has 0 fully saturated rings. The number of anilines is 1. The summed E-state index contributed by atoms with van der Waals surface area (Å²) in [6.45, 7) is 0.392. The zero-order valence-corrected chi connectivity index (χ0v) is 11.3. The van der Waals surface area contributed by atoms with Crippen molar-refractivity contribution in [1.29, 1.82) is 5.26 Å². The van der Waals surface area contributed by atoms with Crippen molar-refractivity contribution < 1.29 is 4.39 Å². The quantitative estimate of drug-likeness (QED) is 0.897. The number of nitrogens with one attached hydrogen (secondary N) is 1. The highest BCUT2D eigenvalue weighted by Gasteiger charge is 2.04. The molecule has 0 atom stereocenters. The molecule has 96 valence electrons. The van der Waals surface area contributed by atoms with Crippen LogP contribution in [0.2, 0.25) is 10.0 Å². The monoisotopic (exact) mass is 294 g/mol. The molecule has 2 aromatic carbocycles. The van der Waals surface area contributed by atoms with Crippen molar-refractivity contribution in [1.82, 2.24) is 0 Å². The van der Waals surface area contributed by atoms with Gasteiger partial charge in [-0.2, -0.15) is 5.26 Å². The Hall–Kier alpha value is -1.76. The second-order valence-electron chi connectivity index (χ2n) is 3.91. The second kappa shape index (κ2) is 5.92. The molecular weight excluding hydrogens is 286 g/mol. The molecule has 0 saturated heterocycles. The molecule has 2 rings (SSSR count). The first kappa shape index (κ1) is 13.7. The minimum absolute atomic E-state index is 0.0910. The molecule has 0 aliphatic rings. The summed E-state index contributed by atoms with van der Waals surface area (Å²) in [7, 11) is 0. The second-order valence-corrected chi connectivity index (χ2v) is 4.72. The summed E-state index contributed by atoms with van der Waals surface area (Å²) < 4.78 is 13.3. The van der Waals surface area contributed by atoms with Gasteiger partial charge in [0.2, 0.25) is 0 Å². The molecule has 0 aliphatic carbocycles. The third kappa shape index (κ3) is 3.37. The van der Waals surface area contributed by atoms with Crippen molar-refractivity contribution >= 4 is 28.9 Å². The van der Waals surface area contributed by atoms with E-state index >= 15 is 0 Å². The van der Waals surface area contributed by atoms with Gasteiger partial charge in [0, 0.05) is 6.54 Å². The van der Waals surface area contributed by atoms with Crippen molar-refractivity contribution in [3.63, 3.8) is 0 Å². The van der Waals surface area contributed by atoms with Crippen LogP contribution in [0.5, 0.6) is 0 Å². The van der Waals surface area contributed by atoms with Crippen LogP contribution in [0.25, 0.3) is 0 Å². The first-order valence-electron chi connectivity index (χ1n) is 5.47. The lowest BCUT2D eigenvalue weighted by molar-refractivity contribution is 0.626. The van der Waals surface area contributed by atoms with Crippen molar-refractivity contribution in [3.8, 4) is 6.07 Å². The Morgan fingerprint density at radius 3 is 2.53 bits per heavy atom. The predicted molar refractivity (Wildman–Crippen MR) is 74.9 cm³/mol. The van der Waals surface area contributed by atoms with Crippen molar-refractivity contribution in [2.45, 2.75) is 6.54 Å². The van der Waals surface area contributed by atoms with E-state index in [1.165, 1.54) is 12.1 Å². The van der Waals surface area contributed by atoms with E-state index in [0.717, 1.165) is 5.56 Å². The van der Waals surface area contributed by atoms with Crippen LogP contribution in [-0.4, -0.2) is 0 Å². The van der Waals surface area contributed by atoms with Gasteiger partial charge in [-0.15, -0.1) is 0 Å². The first-order chi connectivity index (χ1) is 9.10. The molecule has 1 N–H and O–H groups in total. The number of hydrogen-bond acceptors (Lipinski definition) is 2. The number of rotatable bonds is 3. The third-order valence-corrected chi connectivity index (χ3v) is 3.20. The van der Waals surface area contributed by atoms with Gasteiger partial charge in [-0.25, -0.2) is 4.39 Å². The van der Waals surface area contributed by atoms with Gasteiger partial charge in [-0.05, 0) is 35.9 Å². The smallest absolute Gasteiger partial charge is 0.142 e. The summed E-state index contributed by atoms with van der Waals surface area (Å²) in [5, 5.41) is 12.5. The number of hydrogen-bond donors (Lipinski definition) is 1. The van der Waals surface area contributed by atoms with E-state index in [-0.39, 0.29) is 5.02 Å². The fourth-order valence-corrected chi connectivity index (χ4v) is 1.88. The molecule has 0 amide bonds. The van der Waals surface area contributed by atoms with Gasteiger partial charge in [0.25, 0.3) is 0 Å². The summed E-state index contributed by atoms with van der Waals surface area (Å²) in [5.41, 5.74) is 1.88. The van der Waals surface area contributed by atoms with E-state index in [4.69, 9.17) is 28.5 Å². The van der Waals surface area contributed by atoms with Crippen LogP contribution >= 0.6 is 23.2 Å². The Labute approximate surface area is 120 Å². The largest absolute Gasteiger partial charge is 0.380 e. The Bertz CT molecular complexity index is 650. The van der Waals surface area contributed by atoms with E-state index < -0.39 is 5.82 Å². The van der Waals surface area contributed by atoms with Crippen molar-refractivity contribution in [2.75, 3.05) is 5.32 Å². The average Bonchev–Trinajstić information content (AvgIpc) is 2.41. The molecule has 0 radical (unpaired) electrons. The Morgan fingerprint density at radius 2 is 1.84 bits per heavy atom. The SMILES string of the molecule is N#Cc1ccc(Cl)c(NCc2ccc(Cl)c(F)c2)c1. The summed E-state index contributed by atoms with van der Waals surface area (Å²) in [4.78, 5) is 0. The van der Waals surface area contributed by atoms with Crippen LogP contribution in [0.15, 0.2) is 36.4 Å². The summed E-state index contributed by atoms with van der Waals surface area (Å²) in [6.07, 6.45) is 0. The van der Waals surface area contributed by atoms with E-state index in [0.29, 0.717) is 22.8 Å². The van der Waals surface area contributed by atoms with Gasteiger partial charge in [0.05, 0.1) is 27.4 Å². The average molecular weight is 295 g/mol. The fraction of sp³-hybridized carbons (Fsp3) is 0.0714. The van der Waals surface area contributed by atoms with Crippen molar-refractivity contribution in [2.24, 2.45) is 0 Å². The molecule has 0 heterocycles. The molecule has 2 aromatic rings. The molecule has 0 unspecified atom stereocenters. The van der Waals surface area contributed by atoms with Crippen LogP contribution in [0.3, 0.4) is 0 Å². The lowest BCUT2D eigenvalue weighted by Gasteiger charge is -2.09. The van der Waals surface area contributed by atoms with Crippen LogP contribution < -0.4 is 5.32 Å². The highest BCUT2D eigenvalue weighted by Crippen LogP contribution is 2.24. The van der Waals surface area contributed by atoms with Crippen LogP contribution in [0.4, 0.5) is 10.1 Å². The van der Waals surface area contributed by atoms with Gasteiger partial charge in [0.1, 0.15) is 5.82 Å². The lowest BCUT2D eigenvalue weighted by Crippen LogP contribution is -2.00. The number of nitrogens with zero attached hydrogens (tertiary/aromatic N) is 1. The minimum atomic E-state index is -0.460. The van der Waals surface area contributed by atoms with E-state index in [1.807, 2.05) is 6.07 Å². The number of benzene rings is 2. The van der Waals surface area contributed by atoms with Gasteiger partial charge >= 0.3 is 0 Å². The van der Waals surface area contributed by atoms with Gasteiger partial charge in [-0.1, -0.05) is 29.3 Å². The first-order valence-corrected chi connectivity index (χ1v) is 6.23. The molecule has 19 heavy (non-hydrogen) atoms. The topological polar surface area (TPSA) is 35.8 Å². The standard InChI is InChI=1S/C14H9Cl2FN2/c15-11-3-2-10(5-13(11)17)8-19-14-6-9(7-18)1-4-12(14)16/h1-6,19H,8H2. The maximum absolute atomic E-state index is 13.3. The van der Waals surface area contributed by atoms with E-state index in [9.17, 15) is 4.39 Å². The van der Waals surface area contributed by atoms with Gasteiger partial charge in [0.15, 0.2) is 0 Å². The van der Waals surface area contributed by atoms with E-state index in [2.05, 4.69) is 5.32 Å². The molecule has 0 bridgehead atoms. The molecule has 0 aromatic heterocycles. The normalized spacial score (nSPS) is 10.0. The third-order valence-electron chi connectivity index (χ3n) is 2.56. The predicted octanol–water partition coefficient (Wildman–Crippen LogP) is 4.62. The zero-order valence-electron chi connectivity index (χ0n) is 9.75. The maximum atomic E-state index is 13.3. The Morgan fingerprint density at radius 1 is 1.11 bits per heavy atom. The highest BCUT2D eigenvalue weighted by molar-refractivity contribution is 6.33. The molecule has 0 aliphatic heterocycles.